The van der Waals surface area contributed by atoms with Gasteiger partial charge in [-0.15, -0.1) is 0 Å². The molecule has 0 bridgehead atoms. The summed E-state index contributed by atoms with van der Waals surface area (Å²) < 4.78 is 22.3. The average molecular weight is 481 g/mol. The van der Waals surface area contributed by atoms with Crippen LogP contribution in [0.4, 0.5) is 0 Å². The van der Waals surface area contributed by atoms with E-state index in [1.807, 2.05) is 24.3 Å². The van der Waals surface area contributed by atoms with Crippen LogP contribution in [0.3, 0.4) is 0 Å². The molecule has 3 aliphatic rings. The van der Waals surface area contributed by atoms with Crippen molar-refractivity contribution in [1.29, 1.82) is 0 Å². The number of rotatable bonds is 9. The van der Waals surface area contributed by atoms with E-state index in [1.165, 1.54) is 4.90 Å². The molecule has 2 aromatic rings. The van der Waals surface area contributed by atoms with Gasteiger partial charge in [-0.1, -0.05) is 12.1 Å². The van der Waals surface area contributed by atoms with Gasteiger partial charge in [0.1, 0.15) is 12.4 Å². The highest BCUT2D eigenvalue weighted by Gasteiger charge is 2.28. The number of hydrogen-bond donors (Lipinski definition) is 0. The molecule has 0 aliphatic carbocycles. The first kappa shape index (κ1) is 23.2. The number of benzene rings is 2. The van der Waals surface area contributed by atoms with Gasteiger partial charge in [0.25, 0.3) is 5.91 Å². The van der Waals surface area contributed by atoms with Crippen LogP contribution >= 0.6 is 0 Å². The second kappa shape index (κ2) is 10.4. The Morgan fingerprint density at radius 1 is 1.03 bits per heavy atom. The lowest BCUT2D eigenvalue weighted by Gasteiger charge is -2.26. The molecule has 35 heavy (non-hydrogen) atoms. The number of likely N-dealkylation sites (tertiary alicyclic amines) is 1. The van der Waals surface area contributed by atoms with Gasteiger partial charge < -0.3 is 23.8 Å². The second-order valence-electron chi connectivity index (χ2n) is 8.82. The SMILES string of the molecule is O=C(c1ccc2c(c1)OCO2)N(Cc1ccc(OCCN2C(=O)CCC2=O)cc1)CC1CCCO1. The molecule has 2 aromatic carbocycles. The fourth-order valence-electron chi connectivity index (χ4n) is 4.50. The minimum absolute atomic E-state index is 0.0200. The van der Waals surface area contributed by atoms with Crippen LogP contribution in [0, 0.1) is 0 Å². The molecule has 3 amide bonds. The fourth-order valence-corrected chi connectivity index (χ4v) is 4.50. The minimum atomic E-state index is -0.146. The van der Waals surface area contributed by atoms with Crippen LogP contribution in [0.1, 0.15) is 41.6 Å². The van der Waals surface area contributed by atoms with Gasteiger partial charge in [-0.2, -0.15) is 0 Å². The number of carbonyl (C=O) groups excluding carboxylic acids is 3. The first-order valence-corrected chi connectivity index (χ1v) is 11.9. The van der Waals surface area contributed by atoms with Crippen molar-refractivity contribution in [1.82, 2.24) is 9.80 Å². The van der Waals surface area contributed by atoms with Crippen molar-refractivity contribution in [3.05, 3.63) is 53.6 Å². The molecule has 0 aromatic heterocycles. The lowest BCUT2D eigenvalue weighted by atomic mass is 10.1. The van der Waals surface area contributed by atoms with Gasteiger partial charge >= 0.3 is 0 Å². The third kappa shape index (κ3) is 5.40. The van der Waals surface area contributed by atoms with Gasteiger partial charge in [-0.05, 0) is 48.7 Å². The van der Waals surface area contributed by atoms with Gasteiger partial charge in [0.2, 0.25) is 18.6 Å². The summed E-state index contributed by atoms with van der Waals surface area (Å²) in [4.78, 5) is 39.9. The highest BCUT2D eigenvalue weighted by atomic mass is 16.7. The second-order valence-corrected chi connectivity index (χ2v) is 8.82. The Kier molecular flexibility index (Phi) is 6.85. The maximum Gasteiger partial charge on any atom is 0.254 e. The van der Waals surface area contributed by atoms with Crippen molar-refractivity contribution < 1.29 is 33.3 Å². The number of imide groups is 1. The van der Waals surface area contributed by atoms with Crippen molar-refractivity contribution >= 4 is 17.7 Å². The molecule has 0 saturated carbocycles. The van der Waals surface area contributed by atoms with E-state index in [9.17, 15) is 14.4 Å². The molecule has 9 heteroatoms. The van der Waals surface area contributed by atoms with E-state index >= 15 is 0 Å². The summed E-state index contributed by atoms with van der Waals surface area (Å²) in [5, 5.41) is 0. The standard InChI is InChI=1S/C26H28N2O7/c29-24-9-10-25(30)28(24)11-13-33-20-6-3-18(4-7-20)15-27(16-21-2-1-12-32-21)26(31)19-5-8-22-23(14-19)35-17-34-22/h3-8,14,21H,1-2,9-13,15-17H2. The van der Waals surface area contributed by atoms with Crippen molar-refractivity contribution in [2.24, 2.45) is 0 Å². The largest absolute Gasteiger partial charge is 0.492 e. The normalized spacial score (nSPS) is 18.9. The number of carbonyl (C=O) groups is 3. The zero-order valence-corrected chi connectivity index (χ0v) is 19.4. The molecule has 1 atom stereocenters. The Balaban J connectivity index is 1.22. The maximum atomic E-state index is 13.4. The van der Waals surface area contributed by atoms with Gasteiger partial charge in [0, 0.05) is 38.1 Å². The van der Waals surface area contributed by atoms with E-state index in [4.69, 9.17) is 18.9 Å². The van der Waals surface area contributed by atoms with Crippen LogP contribution in [0.15, 0.2) is 42.5 Å². The van der Waals surface area contributed by atoms with Gasteiger partial charge in [-0.25, -0.2) is 0 Å². The highest BCUT2D eigenvalue weighted by Crippen LogP contribution is 2.33. The minimum Gasteiger partial charge on any atom is -0.492 e. The number of fused-ring (bicyclic) bond motifs is 1. The van der Waals surface area contributed by atoms with E-state index in [1.54, 1.807) is 23.1 Å². The van der Waals surface area contributed by atoms with E-state index in [0.29, 0.717) is 35.9 Å². The summed E-state index contributed by atoms with van der Waals surface area (Å²) in [6, 6.07) is 12.7. The van der Waals surface area contributed by atoms with Gasteiger partial charge in [0.15, 0.2) is 11.5 Å². The van der Waals surface area contributed by atoms with Crippen LogP contribution in [-0.4, -0.2) is 66.7 Å². The summed E-state index contributed by atoms with van der Waals surface area (Å²) in [5.74, 6) is 1.47. The van der Waals surface area contributed by atoms with Gasteiger partial charge in [-0.3, -0.25) is 19.3 Å². The number of amides is 3. The summed E-state index contributed by atoms with van der Waals surface area (Å²) >= 11 is 0. The molecule has 0 N–H and O–H groups in total. The molecular weight excluding hydrogens is 452 g/mol. The summed E-state index contributed by atoms with van der Waals surface area (Å²) in [5.41, 5.74) is 1.49. The first-order chi connectivity index (χ1) is 17.1. The molecule has 2 fully saturated rings. The molecule has 3 aliphatic heterocycles. The predicted octanol–water partition coefficient (Wildman–Crippen LogP) is 2.76. The van der Waals surface area contributed by atoms with Crippen LogP contribution in [0.5, 0.6) is 17.2 Å². The third-order valence-electron chi connectivity index (χ3n) is 6.39. The molecule has 2 saturated heterocycles. The number of nitrogens with zero attached hydrogens (tertiary/aromatic N) is 2. The Bertz CT molecular complexity index is 1080. The van der Waals surface area contributed by atoms with Crippen LogP contribution < -0.4 is 14.2 Å². The monoisotopic (exact) mass is 480 g/mol. The molecule has 3 heterocycles. The van der Waals surface area contributed by atoms with E-state index in [-0.39, 0.29) is 56.6 Å². The van der Waals surface area contributed by atoms with Crippen LogP contribution in [0.2, 0.25) is 0 Å². The molecule has 9 nitrogen and oxygen atoms in total. The summed E-state index contributed by atoms with van der Waals surface area (Å²) in [6.45, 7) is 2.29. The molecule has 0 radical (unpaired) electrons. The highest BCUT2D eigenvalue weighted by molar-refractivity contribution is 6.01. The zero-order valence-electron chi connectivity index (χ0n) is 19.4. The lowest BCUT2D eigenvalue weighted by Crippen LogP contribution is -2.37. The maximum absolute atomic E-state index is 13.4. The Labute approximate surface area is 203 Å². The Morgan fingerprint density at radius 2 is 1.80 bits per heavy atom. The van der Waals surface area contributed by atoms with Crippen LogP contribution in [0.25, 0.3) is 0 Å². The van der Waals surface area contributed by atoms with E-state index < -0.39 is 0 Å². The van der Waals surface area contributed by atoms with Crippen molar-refractivity contribution in [3.8, 4) is 17.2 Å². The molecule has 5 rings (SSSR count). The quantitative estimate of drug-likeness (QED) is 0.510. The van der Waals surface area contributed by atoms with Gasteiger partial charge in [0.05, 0.1) is 12.6 Å². The number of ether oxygens (including phenoxy) is 4. The first-order valence-electron chi connectivity index (χ1n) is 11.9. The average Bonchev–Trinajstić information content (AvgIpc) is 3.62. The van der Waals surface area contributed by atoms with Crippen molar-refractivity contribution in [2.75, 3.05) is 33.1 Å². The van der Waals surface area contributed by atoms with Crippen LogP contribution in [-0.2, 0) is 20.9 Å². The Hall–Kier alpha value is -3.59. The lowest BCUT2D eigenvalue weighted by molar-refractivity contribution is -0.138. The van der Waals surface area contributed by atoms with E-state index in [0.717, 1.165) is 25.0 Å². The smallest absolute Gasteiger partial charge is 0.254 e. The molecule has 1 unspecified atom stereocenters. The summed E-state index contributed by atoms with van der Waals surface area (Å²) in [7, 11) is 0. The molecular formula is C26H28N2O7. The molecule has 0 spiro atoms. The topological polar surface area (TPSA) is 94.6 Å². The van der Waals surface area contributed by atoms with Crippen molar-refractivity contribution in [2.45, 2.75) is 38.3 Å². The summed E-state index contributed by atoms with van der Waals surface area (Å²) in [6.07, 6.45) is 2.51. The van der Waals surface area contributed by atoms with Crippen molar-refractivity contribution in [3.63, 3.8) is 0 Å². The molecule has 184 valence electrons. The Morgan fingerprint density at radius 3 is 2.54 bits per heavy atom. The zero-order chi connectivity index (χ0) is 24.2. The van der Waals surface area contributed by atoms with E-state index in [2.05, 4.69) is 0 Å². The number of hydrogen-bond acceptors (Lipinski definition) is 7. The fraction of sp³-hybridized carbons (Fsp3) is 0.423. The predicted molar refractivity (Wildman–Crippen MR) is 124 cm³/mol. The third-order valence-corrected chi connectivity index (χ3v) is 6.39.